The molecule has 5 heteroatoms. The number of hydrogen-bond acceptors (Lipinski definition) is 2. The molecule has 0 aliphatic heterocycles. The first kappa shape index (κ1) is 23.1. The SMILES string of the molecule is CCCCCCCCCCCCCCCC[n+]1ccccc1S(=O)(=O)O. The Bertz CT molecular complexity index is 572. The molecule has 1 N–H and O–H groups in total. The highest BCUT2D eigenvalue weighted by Gasteiger charge is 2.21. The molecule has 1 heterocycles. The van der Waals surface area contributed by atoms with E-state index in [9.17, 15) is 13.0 Å². The van der Waals surface area contributed by atoms with Gasteiger partial charge < -0.3 is 0 Å². The molecule has 26 heavy (non-hydrogen) atoms. The monoisotopic (exact) mass is 384 g/mol. The van der Waals surface area contributed by atoms with Crippen LogP contribution in [0.2, 0.25) is 0 Å². The zero-order chi connectivity index (χ0) is 19.1. The van der Waals surface area contributed by atoms with Crippen molar-refractivity contribution in [3.05, 3.63) is 24.4 Å². The second-order valence-corrected chi connectivity index (χ2v) is 8.67. The quantitative estimate of drug-likeness (QED) is 0.226. The van der Waals surface area contributed by atoms with E-state index in [1.807, 2.05) is 0 Å². The van der Waals surface area contributed by atoms with E-state index in [2.05, 4.69) is 6.92 Å². The second kappa shape index (κ2) is 14.2. The van der Waals surface area contributed by atoms with E-state index in [0.717, 1.165) is 12.8 Å². The summed E-state index contributed by atoms with van der Waals surface area (Å²) in [6, 6.07) is 4.86. The Kier molecular flexibility index (Phi) is 12.6. The van der Waals surface area contributed by atoms with Crippen molar-refractivity contribution in [1.82, 2.24) is 0 Å². The van der Waals surface area contributed by atoms with E-state index in [-0.39, 0.29) is 5.03 Å². The molecule has 0 spiro atoms. The Morgan fingerprint density at radius 2 is 1.23 bits per heavy atom. The number of unbranched alkanes of at least 4 members (excludes halogenated alkanes) is 13. The van der Waals surface area contributed by atoms with Crippen LogP contribution in [-0.4, -0.2) is 13.0 Å². The molecule has 1 aromatic heterocycles. The van der Waals surface area contributed by atoms with Crippen molar-refractivity contribution >= 4 is 10.1 Å². The van der Waals surface area contributed by atoms with Crippen LogP contribution < -0.4 is 4.57 Å². The molecule has 0 aromatic carbocycles. The van der Waals surface area contributed by atoms with Gasteiger partial charge in [-0.15, -0.1) is 0 Å². The summed E-state index contributed by atoms with van der Waals surface area (Å²) in [7, 11) is -4.14. The van der Waals surface area contributed by atoms with Crippen molar-refractivity contribution in [2.24, 2.45) is 0 Å². The van der Waals surface area contributed by atoms with Gasteiger partial charge in [-0.3, -0.25) is 4.55 Å². The Balaban J connectivity index is 1.98. The molecule has 0 atom stereocenters. The predicted molar refractivity (Wildman–Crippen MR) is 107 cm³/mol. The summed E-state index contributed by atoms with van der Waals surface area (Å²) in [5, 5.41) is -0.0188. The fourth-order valence-corrected chi connectivity index (χ4v) is 4.06. The van der Waals surface area contributed by atoms with Crippen LogP contribution in [0.15, 0.2) is 29.4 Å². The molecule has 0 radical (unpaired) electrons. The van der Waals surface area contributed by atoms with E-state index >= 15 is 0 Å². The van der Waals surface area contributed by atoms with Gasteiger partial charge in [-0.25, -0.2) is 0 Å². The van der Waals surface area contributed by atoms with Crippen molar-refractivity contribution in [2.45, 2.75) is 108 Å². The fourth-order valence-electron chi connectivity index (χ4n) is 3.36. The highest BCUT2D eigenvalue weighted by molar-refractivity contribution is 7.85. The minimum Gasteiger partial charge on any atom is -0.277 e. The Labute approximate surface area is 160 Å². The summed E-state index contributed by atoms with van der Waals surface area (Å²) in [6.07, 6.45) is 20.0. The van der Waals surface area contributed by atoms with Gasteiger partial charge in [0.15, 0.2) is 6.20 Å². The van der Waals surface area contributed by atoms with Crippen molar-refractivity contribution in [1.29, 1.82) is 0 Å². The Morgan fingerprint density at radius 3 is 1.69 bits per heavy atom. The predicted octanol–water partition coefficient (Wildman–Crippen LogP) is 5.70. The summed E-state index contributed by atoms with van der Waals surface area (Å²) in [6.45, 7) is 2.89. The van der Waals surface area contributed by atoms with Gasteiger partial charge in [-0.05, 0) is 12.5 Å². The molecule has 0 saturated carbocycles. The number of nitrogens with zero attached hydrogens (tertiary/aromatic N) is 1. The van der Waals surface area contributed by atoms with Crippen molar-refractivity contribution in [3.63, 3.8) is 0 Å². The molecule has 0 fully saturated rings. The van der Waals surface area contributed by atoms with Gasteiger partial charge in [0.1, 0.15) is 6.54 Å². The van der Waals surface area contributed by atoms with Gasteiger partial charge in [0.05, 0.1) is 0 Å². The van der Waals surface area contributed by atoms with Crippen molar-refractivity contribution in [2.75, 3.05) is 0 Å². The van der Waals surface area contributed by atoms with E-state index < -0.39 is 10.1 Å². The number of rotatable bonds is 16. The normalized spacial score (nSPS) is 11.8. The molecular formula is C21H38NO3S+. The summed E-state index contributed by atoms with van der Waals surface area (Å²) in [5.41, 5.74) is 0. The van der Waals surface area contributed by atoms with E-state index in [1.165, 1.54) is 83.1 Å². The first-order valence-corrected chi connectivity index (χ1v) is 12.0. The van der Waals surface area contributed by atoms with Gasteiger partial charge in [0.2, 0.25) is 0 Å². The fraction of sp³-hybridized carbons (Fsp3) is 0.762. The largest absolute Gasteiger partial charge is 0.355 e. The number of hydrogen-bond donors (Lipinski definition) is 1. The van der Waals surface area contributed by atoms with Crippen molar-refractivity contribution in [3.8, 4) is 0 Å². The topological polar surface area (TPSA) is 58.2 Å². The molecule has 0 aliphatic rings. The second-order valence-electron chi connectivity index (χ2n) is 7.30. The molecule has 0 unspecified atom stereocenters. The average molecular weight is 385 g/mol. The maximum atomic E-state index is 11.3. The lowest BCUT2D eigenvalue weighted by atomic mass is 10.0. The van der Waals surface area contributed by atoms with Crippen LogP contribution in [-0.2, 0) is 16.7 Å². The van der Waals surface area contributed by atoms with Crippen LogP contribution in [0.5, 0.6) is 0 Å². The summed E-state index contributed by atoms with van der Waals surface area (Å²) in [5.74, 6) is 0. The summed E-state index contributed by atoms with van der Waals surface area (Å²) >= 11 is 0. The third-order valence-corrected chi connectivity index (χ3v) is 5.82. The van der Waals surface area contributed by atoms with E-state index in [1.54, 1.807) is 22.9 Å². The molecule has 150 valence electrons. The van der Waals surface area contributed by atoms with E-state index in [0.29, 0.717) is 6.54 Å². The van der Waals surface area contributed by atoms with Crippen LogP contribution >= 0.6 is 0 Å². The Morgan fingerprint density at radius 1 is 0.769 bits per heavy atom. The molecule has 0 saturated heterocycles. The first-order valence-electron chi connectivity index (χ1n) is 10.5. The van der Waals surface area contributed by atoms with Crippen LogP contribution in [0.1, 0.15) is 96.8 Å². The maximum absolute atomic E-state index is 11.3. The minimum absolute atomic E-state index is 0.0188. The highest BCUT2D eigenvalue weighted by Crippen LogP contribution is 2.13. The van der Waals surface area contributed by atoms with Crippen LogP contribution in [0.4, 0.5) is 0 Å². The molecule has 0 aliphatic carbocycles. The average Bonchev–Trinajstić information content (AvgIpc) is 2.61. The van der Waals surface area contributed by atoms with Gasteiger partial charge in [-0.2, -0.15) is 13.0 Å². The van der Waals surface area contributed by atoms with Crippen LogP contribution in [0, 0.1) is 0 Å². The summed E-state index contributed by atoms with van der Waals surface area (Å²) in [4.78, 5) is 0. The minimum atomic E-state index is -4.14. The molecule has 1 rings (SSSR count). The zero-order valence-electron chi connectivity index (χ0n) is 16.5. The van der Waals surface area contributed by atoms with Gasteiger partial charge >= 0.3 is 15.1 Å². The molecule has 1 aromatic rings. The lowest BCUT2D eigenvalue weighted by Crippen LogP contribution is -2.39. The molecular weight excluding hydrogens is 346 g/mol. The molecule has 4 nitrogen and oxygen atoms in total. The van der Waals surface area contributed by atoms with Crippen LogP contribution in [0.3, 0.4) is 0 Å². The zero-order valence-corrected chi connectivity index (χ0v) is 17.4. The highest BCUT2D eigenvalue weighted by atomic mass is 32.2. The first-order chi connectivity index (χ1) is 12.6. The third kappa shape index (κ3) is 10.9. The maximum Gasteiger partial charge on any atom is 0.355 e. The number of aromatic nitrogens is 1. The summed E-state index contributed by atoms with van der Waals surface area (Å²) < 4.78 is 33.5. The number of aryl methyl sites for hydroxylation is 1. The van der Waals surface area contributed by atoms with Gasteiger partial charge in [0, 0.05) is 18.6 Å². The standard InChI is InChI=1S/C21H37NO3S/c1-2-3-4-5-6-7-8-9-10-11-12-13-14-16-19-22-20-17-15-18-21(22)26(23,24)25/h15,17-18,20H,2-14,16,19H2,1H3/p+1. The van der Waals surface area contributed by atoms with Gasteiger partial charge in [0.25, 0.3) is 0 Å². The lowest BCUT2D eigenvalue weighted by molar-refractivity contribution is -0.734. The van der Waals surface area contributed by atoms with Crippen molar-refractivity contribution < 1.29 is 17.5 Å². The van der Waals surface area contributed by atoms with E-state index in [4.69, 9.17) is 0 Å². The Hall–Kier alpha value is -0.940. The molecule has 0 bridgehead atoms. The van der Waals surface area contributed by atoms with Crippen LogP contribution in [0.25, 0.3) is 0 Å². The lowest BCUT2D eigenvalue weighted by Gasteiger charge is -2.03. The van der Waals surface area contributed by atoms with Gasteiger partial charge in [-0.1, -0.05) is 84.0 Å². The molecule has 0 amide bonds. The number of pyridine rings is 1. The third-order valence-electron chi connectivity index (χ3n) is 4.92. The smallest absolute Gasteiger partial charge is 0.277 e.